The van der Waals surface area contributed by atoms with Crippen molar-refractivity contribution in [3.63, 3.8) is 0 Å². The summed E-state index contributed by atoms with van der Waals surface area (Å²) in [6, 6.07) is 12.7. The van der Waals surface area contributed by atoms with Gasteiger partial charge in [0.1, 0.15) is 5.75 Å². The van der Waals surface area contributed by atoms with Gasteiger partial charge >= 0.3 is 5.97 Å². The molecule has 0 unspecified atom stereocenters. The Morgan fingerprint density at radius 3 is 2.26 bits per heavy atom. The monoisotopic (exact) mass is 257 g/mol. The van der Waals surface area contributed by atoms with Gasteiger partial charge in [0.05, 0.1) is 19.8 Å². The van der Waals surface area contributed by atoms with Crippen molar-refractivity contribution in [2.75, 3.05) is 20.0 Å². The number of esters is 1. The maximum atomic E-state index is 11.4. The summed E-state index contributed by atoms with van der Waals surface area (Å²) in [5.41, 5.74) is 8.79. The number of rotatable bonds is 3. The van der Waals surface area contributed by atoms with E-state index in [9.17, 15) is 4.79 Å². The van der Waals surface area contributed by atoms with Gasteiger partial charge in [0, 0.05) is 11.3 Å². The fourth-order valence-corrected chi connectivity index (χ4v) is 1.84. The third kappa shape index (κ3) is 2.68. The number of hydrogen-bond donors (Lipinski definition) is 1. The molecular weight excluding hydrogens is 242 g/mol. The minimum Gasteiger partial charge on any atom is -0.497 e. The Kier molecular flexibility index (Phi) is 3.71. The standard InChI is InChI=1S/C15H15NO3/c1-18-12-6-3-10(4-7-12)13-8-5-11(9-14(13)16)15(17)19-2/h3-9H,16H2,1-2H3. The first-order valence-corrected chi connectivity index (χ1v) is 5.78. The quantitative estimate of drug-likeness (QED) is 0.678. The molecule has 0 saturated carbocycles. The lowest BCUT2D eigenvalue weighted by Gasteiger charge is -2.08. The Morgan fingerprint density at radius 2 is 1.74 bits per heavy atom. The molecule has 0 saturated heterocycles. The van der Waals surface area contributed by atoms with Crippen LogP contribution in [0.5, 0.6) is 5.75 Å². The van der Waals surface area contributed by atoms with Crippen LogP contribution in [0.25, 0.3) is 11.1 Å². The molecule has 2 aromatic rings. The Labute approximate surface area is 111 Å². The van der Waals surface area contributed by atoms with Crippen molar-refractivity contribution >= 4 is 11.7 Å². The number of carbonyl (C=O) groups is 1. The minimum atomic E-state index is -0.395. The van der Waals surface area contributed by atoms with E-state index in [0.29, 0.717) is 11.3 Å². The highest BCUT2D eigenvalue weighted by atomic mass is 16.5. The van der Waals surface area contributed by atoms with Crippen molar-refractivity contribution < 1.29 is 14.3 Å². The summed E-state index contributed by atoms with van der Waals surface area (Å²) in [6.45, 7) is 0. The van der Waals surface area contributed by atoms with Crippen molar-refractivity contribution in [3.05, 3.63) is 48.0 Å². The van der Waals surface area contributed by atoms with Gasteiger partial charge in [-0.1, -0.05) is 18.2 Å². The van der Waals surface area contributed by atoms with E-state index in [1.807, 2.05) is 30.3 Å². The average Bonchev–Trinajstić information content (AvgIpc) is 2.46. The summed E-state index contributed by atoms with van der Waals surface area (Å²) in [5.74, 6) is 0.390. The molecule has 98 valence electrons. The van der Waals surface area contributed by atoms with Crippen molar-refractivity contribution in [1.29, 1.82) is 0 Å². The zero-order valence-electron chi connectivity index (χ0n) is 10.8. The second-order valence-electron chi connectivity index (χ2n) is 4.02. The normalized spacial score (nSPS) is 10.0. The van der Waals surface area contributed by atoms with Crippen molar-refractivity contribution in [2.45, 2.75) is 0 Å². The lowest BCUT2D eigenvalue weighted by Crippen LogP contribution is -2.02. The maximum Gasteiger partial charge on any atom is 0.337 e. The molecule has 0 spiro atoms. The van der Waals surface area contributed by atoms with E-state index in [2.05, 4.69) is 4.74 Å². The Bertz CT molecular complexity index is 591. The number of nitrogens with two attached hydrogens (primary N) is 1. The smallest absolute Gasteiger partial charge is 0.337 e. The molecule has 0 aliphatic carbocycles. The van der Waals surface area contributed by atoms with E-state index < -0.39 is 5.97 Å². The summed E-state index contributed by atoms with van der Waals surface area (Å²) in [4.78, 5) is 11.4. The van der Waals surface area contributed by atoms with Gasteiger partial charge in [-0.2, -0.15) is 0 Å². The predicted octanol–water partition coefficient (Wildman–Crippen LogP) is 2.73. The number of anilines is 1. The van der Waals surface area contributed by atoms with Crippen LogP contribution in [0.4, 0.5) is 5.69 Å². The van der Waals surface area contributed by atoms with Gasteiger partial charge in [-0.3, -0.25) is 0 Å². The van der Waals surface area contributed by atoms with Crippen LogP contribution in [-0.4, -0.2) is 20.2 Å². The Balaban J connectivity index is 2.37. The van der Waals surface area contributed by atoms with Gasteiger partial charge in [0.25, 0.3) is 0 Å². The minimum absolute atomic E-state index is 0.395. The fraction of sp³-hybridized carbons (Fsp3) is 0.133. The van der Waals surface area contributed by atoms with Gasteiger partial charge < -0.3 is 15.2 Å². The summed E-state index contributed by atoms with van der Waals surface area (Å²) < 4.78 is 9.76. The number of carbonyl (C=O) groups excluding carboxylic acids is 1. The summed E-state index contributed by atoms with van der Waals surface area (Å²) in [6.07, 6.45) is 0. The number of hydrogen-bond acceptors (Lipinski definition) is 4. The third-order valence-corrected chi connectivity index (χ3v) is 2.87. The third-order valence-electron chi connectivity index (χ3n) is 2.87. The molecule has 4 nitrogen and oxygen atoms in total. The number of benzene rings is 2. The van der Waals surface area contributed by atoms with E-state index in [1.165, 1.54) is 7.11 Å². The molecule has 0 aliphatic rings. The Hall–Kier alpha value is -2.49. The predicted molar refractivity (Wildman–Crippen MR) is 74.2 cm³/mol. The number of methoxy groups -OCH3 is 2. The molecule has 0 aliphatic heterocycles. The first kappa shape index (κ1) is 13.0. The number of ether oxygens (including phenoxy) is 2. The lowest BCUT2D eigenvalue weighted by atomic mass is 10.0. The van der Waals surface area contributed by atoms with Crippen LogP contribution >= 0.6 is 0 Å². The highest BCUT2D eigenvalue weighted by Gasteiger charge is 2.09. The molecule has 0 heterocycles. The van der Waals surface area contributed by atoms with E-state index in [1.54, 1.807) is 19.2 Å². The molecule has 0 bridgehead atoms. The molecule has 0 aromatic heterocycles. The van der Waals surface area contributed by atoms with Crippen molar-refractivity contribution in [2.24, 2.45) is 0 Å². The van der Waals surface area contributed by atoms with Crippen LogP contribution in [0, 0.1) is 0 Å². The zero-order chi connectivity index (χ0) is 13.8. The fourth-order valence-electron chi connectivity index (χ4n) is 1.84. The van der Waals surface area contributed by atoms with Crippen LogP contribution in [0.3, 0.4) is 0 Å². The van der Waals surface area contributed by atoms with Gasteiger partial charge in [-0.05, 0) is 29.8 Å². The number of nitrogen functional groups attached to an aromatic ring is 1. The topological polar surface area (TPSA) is 61.5 Å². The summed E-state index contributed by atoms with van der Waals surface area (Å²) in [5, 5.41) is 0. The average molecular weight is 257 g/mol. The van der Waals surface area contributed by atoms with Gasteiger partial charge in [-0.15, -0.1) is 0 Å². The second-order valence-corrected chi connectivity index (χ2v) is 4.02. The van der Waals surface area contributed by atoms with Crippen molar-refractivity contribution in [1.82, 2.24) is 0 Å². The van der Waals surface area contributed by atoms with E-state index in [4.69, 9.17) is 10.5 Å². The first-order valence-electron chi connectivity index (χ1n) is 5.78. The Morgan fingerprint density at radius 1 is 1.05 bits per heavy atom. The van der Waals surface area contributed by atoms with E-state index in [-0.39, 0.29) is 0 Å². The summed E-state index contributed by atoms with van der Waals surface area (Å²) in [7, 11) is 2.96. The molecule has 4 heteroatoms. The van der Waals surface area contributed by atoms with Gasteiger partial charge in [0.15, 0.2) is 0 Å². The van der Waals surface area contributed by atoms with Crippen LogP contribution in [0.1, 0.15) is 10.4 Å². The summed E-state index contributed by atoms with van der Waals surface area (Å²) >= 11 is 0. The molecule has 2 N–H and O–H groups in total. The van der Waals surface area contributed by atoms with Crippen LogP contribution in [-0.2, 0) is 4.74 Å². The van der Waals surface area contributed by atoms with E-state index in [0.717, 1.165) is 16.9 Å². The SMILES string of the molecule is COC(=O)c1ccc(-c2ccc(OC)cc2)c(N)c1. The highest BCUT2D eigenvalue weighted by molar-refractivity contribution is 5.92. The molecule has 2 aromatic carbocycles. The van der Waals surface area contributed by atoms with Crippen LogP contribution in [0.15, 0.2) is 42.5 Å². The van der Waals surface area contributed by atoms with Crippen LogP contribution < -0.4 is 10.5 Å². The molecule has 0 atom stereocenters. The zero-order valence-corrected chi connectivity index (χ0v) is 10.8. The van der Waals surface area contributed by atoms with Crippen molar-refractivity contribution in [3.8, 4) is 16.9 Å². The molecule has 0 amide bonds. The lowest BCUT2D eigenvalue weighted by molar-refractivity contribution is 0.0601. The molecule has 0 radical (unpaired) electrons. The largest absolute Gasteiger partial charge is 0.497 e. The van der Waals surface area contributed by atoms with Crippen LogP contribution in [0.2, 0.25) is 0 Å². The molecular formula is C15H15NO3. The van der Waals surface area contributed by atoms with E-state index >= 15 is 0 Å². The highest BCUT2D eigenvalue weighted by Crippen LogP contribution is 2.28. The second kappa shape index (κ2) is 5.44. The van der Waals surface area contributed by atoms with Gasteiger partial charge in [-0.25, -0.2) is 4.79 Å². The first-order chi connectivity index (χ1) is 9.15. The molecule has 2 rings (SSSR count). The van der Waals surface area contributed by atoms with Gasteiger partial charge in [0.2, 0.25) is 0 Å². The maximum absolute atomic E-state index is 11.4. The molecule has 0 fully saturated rings. The molecule has 19 heavy (non-hydrogen) atoms.